The van der Waals surface area contributed by atoms with Gasteiger partial charge in [0.15, 0.2) is 5.82 Å². The van der Waals surface area contributed by atoms with Crippen LogP contribution >= 0.6 is 0 Å². The third kappa shape index (κ3) is 3.07. The number of pyridine rings is 1. The molecule has 0 atom stereocenters. The monoisotopic (exact) mass is 252 g/mol. The molecule has 1 heterocycles. The number of nitrogens with one attached hydrogen (secondary N) is 1. The zero-order valence-corrected chi connectivity index (χ0v) is 9.96. The number of ether oxygens (including phenoxy) is 1. The van der Waals surface area contributed by atoms with Crippen molar-refractivity contribution in [2.45, 2.75) is 25.7 Å². The molecule has 1 aliphatic rings. The molecule has 3 N–H and O–H groups in total. The highest BCUT2D eigenvalue weighted by Gasteiger charge is 2.17. The second-order valence-electron chi connectivity index (χ2n) is 4.38. The maximum absolute atomic E-state index is 10.7. The molecule has 0 spiro atoms. The lowest BCUT2D eigenvalue weighted by Gasteiger charge is -2.24. The molecule has 2 rings (SSSR count). The van der Waals surface area contributed by atoms with Crippen LogP contribution in [-0.4, -0.2) is 16.5 Å². The van der Waals surface area contributed by atoms with Crippen molar-refractivity contribution in [2.24, 2.45) is 11.8 Å². The van der Waals surface area contributed by atoms with Gasteiger partial charge in [-0.25, -0.2) is 5.84 Å². The minimum absolute atomic E-state index is 0.0865. The van der Waals surface area contributed by atoms with Gasteiger partial charge in [0.25, 0.3) is 5.69 Å². The predicted molar refractivity (Wildman–Crippen MR) is 66.2 cm³/mol. The average molecular weight is 252 g/mol. The van der Waals surface area contributed by atoms with E-state index in [2.05, 4.69) is 10.4 Å². The van der Waals surface area contributed by atoms with Crippen LogP contribution in [0.15, 0.2) is 12.1 Å². The Morgan fingerprint density at radius 2 is 2.33 bits per heavy atom. The van der Waals surface area contributed by atoms with Gasteiger partial charge in [0.2, 0.25) is 5.88 Å². The van der Waals surface area contributed by atoms with E-state index in [-0.39, 0.29) is 17.4 Å². The van der Waals surface area contributed by atoms with Crippen LogP contribution in [0.2, 0.25) is 0 Å². The van der Waals surface area contributed by atoms with E-state index >= 15 is 0 Å². The topological polar surface area (TPSA) is 103 Å². The smallest absolute Gasteiger partial charge is 0.278 e. The van der Waals surface area contributed by atoms with Gasteiger partial charge in [-0.1, -0.05) is 19.3 Å². The summed E-state index contributed by atoms with van der Waals surface area (Å²) in [6, 6.07) is 2.57. The van der Waals surface area contributed by atoms with E-state index in [1.54, 1.807) is 0 Å². The van der Waals surface area contributed by atoms with Crippen molar-refractivity contribution in [2.75, 3.05) is 12.0 Å². The largest absolute Gasteiger partial charge is 0.477 e. The van der Waals surface area contributed by atoms with E-state index < -0.39 is 4.92 Å². The second-order valence-corrected chi connectivity index (χ2v) is 4.38. The van der Waals surface area contributed by atoms with Crippen LogP contribution in [-0.2, 0) is 0 Å². The second kappa shape index (κ2) is 5.63. The Morgan fingerprint density at radius 3 is 2.89 bits per heavy atom. The summed E-state index contributed by atoms with van der Waals surface area (Å²) in [5, 5.41) is 10.7. The minimum atomic E-state index is -0.499. The molecule has 0 bridgehead atoms. The number of nitrogens with two attached hydrogens (primary N) is 1. The summed E-state index contributed by atoms with van der Waals surface area (Å²) in [4.78, 5) is 14.2. The minimum Gasteiger partial charge on any atom is -0.477 e. The Labute approximate surface area is 104 Å². The molecular weight excluding hydrogens is 236 g/mol. The van der Waals surface area contributed by atoms with E-state index in [1.807, 2.05) is 0 Å². The summed E-state index contributed by atoms with van der Waals surface area (Å²) in [5.41, 5.74) is 2.20. The van der Waals surface area contributed by atoms with Gasteiger partial charge >= 0.3 is 0 Å². The van der Waals surface area contributed by atoms with E-state index in [0.717, 1.165) is 12.3 Å². The molecule has 0 unspecified atom stereocenters. The Hall–Kier alpha value is -1.89. The Morgan fingerprint density at radius 1 is 1.56 bits per heavy atom. The van der Waals surface area contributed by atoms with Crippen molar-refractivity contribution >= 4 is 11.5 Å². The summed E-state index contributed by atoms with van der Waals surface area (Å²) in [7, 11) is 0. The maximum Gasteiger partial charge on any atom is 0.278 e. The van der Waals surface area contributed by atoms with Gasteiger partial charge < -0.3 is 10.2 Å². The molecule has 18 heavy (non-hydrogen) atoms. The fraction of sp³-hybridized carbons (Fsp3) is 0.545. The lowest BCUT2D eigenvalue weighted by atomic mass is 9.83. The van der Waals surface area contributed by atoms with E-state index in [9.17, 15) is 10.1 Å². The van der Waals surface area contributed by atoms with Gasteiger partial charge in [-0.05, 0) is 12.3 Å². The quantitative estimate of drug-likeness (QED) is 0.455. The summed E-state index contributed by atoms with van der Waals surface area (Å²) < 4.78 is 5.43. The summed E-state index contributed by atoms with van der Waals surface area (Å²) in [6.07, 6.45) is 4.76. The fourth-order valence-electron chi connectivity index (χ4n) is 1.86. The summed E-state index contributed by atoms with van der Waals surface area (Å²) in [5.74, 6) is 6.39. The molecule has 1 saturated carbocycles. The highest BCUT2D eigenvalue weighted by molar-refractivity contribution is 5.47. The fourth-order valence-corrected chi connectivity index (χ4v) is 1.86. The van der Waals surface area contributed by atoms with Crippen molar-refractivity contribution < 1.29 is 9.66 Å². The Balaban J connectivity index is 1.96. The SMILES string of the molecule is NNc1cc([N+](=O)[O-])cc(OCCC2CCC2)n1. The van der Waals surface area contributed by atoms with Gasteiger partial charge in [-0.15, -0.1) is 0 Å². The molecule has 7 nitrogen and oxygen atoms in total. The predicted octanol–water partition coefficient (Wildman–Crippen LogP) is 1.84. The molecule has 0 saturated heterocycles. The molecule has 1 aromatic rings. The number of hydrogen-bond acceptors (Lipinski definition) is 6. The molecule has 0 aromatic carbocycles. The van der Waals surface area contributed by atoms with E-state index in [1.165, 1.54) is 31.4 Å². The van der Waals surface area contributed by atoms with Crippen LogP contribution in [0.4, 0.5) is 11.5 Å². The average Bonchev–Trinajstić information content (AvgIpc) is 2.31. The lowest BCUT2D eigenvalue weighted by molar-refractivity contribution is -0.384. The molecule has 0 amide bonds. The van der Waals surface area contributed by atoms with Crippen molar-refractivity contribution in [1.82, 2.24) is 4.98 Å². The highest BCUT2D eigenvalue weighted by Crippen LogP contribution is 2.29. The highest BCUT2D eigenvalue weighted by atomic mass is 16.6. The molecule has 1 aromatic heterocycles. The van der Waals surface area contributed by atoms with Gasteiger partial charge in [-0.2, -0.15) is 4.98 Å². The first-order chi connectivity index (χ1) is 8.69. The normalized spacial score (nSPS) is 14.9. The number of rotatable bonds is 6. The standard InChI is InChI=1S/C11H16N4O3/c12-14-10-6-9(15(16)17)7-11(13-10)18-5-4-8-2-1-3-8/h6-8H,1-5,12H2,(H,13,14). The lowest BCUT2D eigenvalue weighted by Crippen LogP contribution is -2.15. The number of nitrogen functional groups attached to an aromatic ring is 1. The van der Waals surface area contributed by atoms with Crippen LogP contribution in [0.25, 0.3) is 0 Å². The maximum atomic E-state index is 10.7. The first kappa shape index (κ1) is 12.6. The van der Waals surface area contributed by atoms with Gasteiger partial charge in [0.05, 0.1) is 23.7 Å². The molecule has 1 fully saturated rings. The molecule has 98 valence electrons. The zero-order valence-electron chi connectivity index (χ0n) is 9.96. The van der Waals surface area contributed by atoms with Crippen LogP contribution in [0.5, 0.6) is 5.88 Å². The van der Waals surface area contributed by atoms with Gasteiger partial charge in [0.1, 0.15) is 0 Å². The molecular formula is C11H16N4O3. The van der Waals surface area contributed by atoms with Crippen molar-refractivity contribution in [1.29, 1.82) is 0 Å². The third-order valence-electron chi connectivity index (χ3n) is 3.15. The Kier molecular flexibility index (Phi) is 3.93. The van der Waals surface area contributed by atoms with Crippen LogP contribution in [0.3, 0.4) is 0 Å². The van der Waals surface area contributed by atoms with Crippen molar-refractivity contribution in [3.63, 3.8) is 0 Å². The molecule has 0 aliphatic heterocycles. The molecule has 1 aliphatic carbocycles. The first-order valence-electron chi connectivity index (χ1n) is 5.95. The van der Waals surface area contributed by atoms with Crippen LogP contribution in [0, 0.1) is 16.0 Å². The van der Waals surface area contributed by atoms with Crippen LogP contribution < -0.4 is 16.0 Å². The number of anilines is 1. The zero-order chi connectivity index (χ0) is 13.0. The molecule has 7 heteroatoms. The van der Waals surface area contributed by atoms with Gasteiger partial charge in [-0.3, -0.25) is 10.1 Å². The summed E-state index contributed by atoms with van der Waals surface area (Å²) >= 11 is 0. The number of nitro groups is 1. The van der Waals surface area contributed by atoms with E-state index in [4.69, 9.17) is 10.6 Å². The Bertz CT molecular complexity index is 434. The molecule has 0 radical (unpaired) electrons. The van der Waals surface area contributed by atoms with Crippen molar-refractivity contribution in [3.8, 4) is 5.88 Å². The third-order valence-corrected chi connectivity index (χ3v) is 3.15. The number of aromatic nitrogens is 1. The number of hydrazine groups is 1. The number of hydrogen-bond donors (Lipinski definition) is 2. The van der Waals surface area contributed by atoms with Crippen LogP contribution in [0.1, 0.15) is 25.7 Å². The summed E-state index contributed by atoms with van der Waals surface area (Å²) in [6.45, 7) is 0.531. The number of nitrogens with zero attached hydrogens (tertiary/aromatic N) is 2. The first-order valence-corrected chi connectivity index (χ1v) is 5.95. The van der Waals surface area contributed by atoms with Gasteiger partial charge in [0, 0.05) is 0 Å². The van der Waals surface area contributed by atoms with E-state index in [0.29, 0.717) is 6.61 Å². The van der Waals surface area contributed by atoms with Crippen molar-refractivity contribution in [3.05, 3.63) is 22.2 Å².